The summed E-state index contributed by atoms with van der Waals surface area (Å²) in [6.07, 6.45) is 8.65. The van der Waals surface area contributed by atoms with Crippen LogP contribution < -0.4 is 21.0 Å². The number of aromatic hydroxyl groups is 1. The molecule has 2 aromatic carbocycles. The average Bonchev–Trinajstić information content (AvgIpc) is 4.04. The Hall–Kier alpha value is -5.46. The Morgan fingerprint density at radius 2 is 1.69 bits per heavy atom. The van der Waals surface area contributed by atoms with Crippen molar-refractivity contribution in [1.82, 2.24) is 25.0 Å². The number of anilines is 1. The summed E-state index contributed by atoms with van der Waals surface area (Å²) in [5, 5.41) is 36.9. The van der Waals surface area contributed by atoms with Gasteiger partial charge in [-0.1, -0.05) is 12.1 Å². The van der Waals surface area contributed by atoms with Gasteiger partial charge >= 0.3 is 18.0 Å². The van der Waals surface area contributed by atoms with Crippen LogP contribution in [0.1, 0.15) is 112 Å². The highest BCUT2D eigenvalue weighted by atomic mass is 32.2. The number of amides is 3. The third kappa shape index (κ3) is 10.1. The summed E-state index contributed by atoms with van der Waals surface area (Å²) in [6.45, 7) is 1.97. The maximum Gasteiger partial charge on any atom is 0.410 e. The lowest BCUT2D eigenvalue weighted by Crippen LogP contribution is -2.69. The molecule has 3 aromatic rings. The lowest BCUT2D eigenvalue weighted by atomic mass is 9.50. The minimum atomic E-state index is -1.35. The van der Waals surface area contributed by atoms with Crippen molar-refractivity contribution in [1.29, 1.82) is 0 Å². The van der Waals surface area contributed by atoms with Crippen molar-refractivity contribution in [2.24, 2.45) is 22.7 Å². The number of hydrogen-bond acceptors (Lipinski definition) is 16. The van der Waals surface area contributed by atoms with Gasteiger partial charge < -0.3 is 49.8 Å². The van der Waals surface area contributed by atoms with Crippen LogP contribution in [0.25, 0.3) is 10.9 Å². The molecule has 5 N–H and O–H groups in total. The Kier molecular flexibility index (Phi) is 14.0. The number of ether oxygens (including phenoxy) is 2. The molecule has 7 atom stereocenters. The number of nitrogens with one attached hydrogen (secondary N) is 2. The second-order valence-corrected chi connectivity index (χ2v) is 24.8. The first-order valence-corrected chi connectivity index (χ1v) is 29.2. The molecule has 6 aliphatic carbocycles. The molecular weight excluding hydrogens is 1040 g/mol. The largest absolute Gasteiger partial charge is 0.507 e. The van der Waals surface area contributed by atoms with Crippen LogP contribution in [0, 0.1) is 23.6 Å². The van der Waals surface area contributed by atoms with E-state index in [0.29, 0.717) is 99.6 Å². The number of nitrogens with zero attached hydrogens (tertiary/aromatic N) is 5. The van der Waals surface area contributed by atoms with Gasteiger partial charge in [-0.3, -0.25) is 29.1 Å². The molecule has 1 aromatic heterocycles. The number of carboxylic acids is 2. The number of hydrogen-bond donors (Lipinski definition) is 5. The minimum Gasteiger partial charge on any atom is -0.507 e. The van der Waals surface area contributed by atoms with E-state index in [4.69, 9.17) is 24.2 Å². The predicted molar refractivity (Wildman–Crippen MR) is 281 cm³/mol. The molecule has 4 bridgehead atoms. The molecule has 20 nitrogen and oxygen atoms in total. The number of aromatic carboxylic acids is 1. The zero-order valence-electron chi connectivity index (χ0n) is 42.6. The lowest BCUT2D eigenvalue weighted by Gasteiger charge is -2.62. The van der Waals surface area contributed by atoms with Crippen molar-refractivity contribution >= 4 is 75.0 Å². The highest BCUT2D eigenvalue weighted by Crippen LogP contribution is 2.65. The van der Waals surface area contributed by atoms with Crippen molar-refractivity contribution in [3.05, 3.63) is 69.8 Å². The predicted octanol–water partition coefficient (Wildman–Crippen LogP) is 5.82. The van der Waals surface area contributed by atoms with Crippen LogP contribution >= 0.6 is 23.5 Å². The summed E-state index contributed by atoms with van der Waals surface area (Å²) in [4.78, 5) is 100. The highest BCUT2D eigenvalue weighted by Gasteiger charge is 2.70. The van der Waals surface area contributed by atoms with Crippen molar-refractivity contribution in [2.75, 3.05) is 55.7 Å². The SMILES string of the molecule is O=C(CCC(=O)NC12CC3CC(C1)C1(OO[C@@]4(CCCC(OC(=O)N5CCN(c6cc7c(cc6F)c(=O)c(C(=O)O)cn7C6CC6)CC5)C4)O1)C(C3)C2)NCCCN1C([C@H]2CSC(c3ccccc3O)=N2)SC[C@H]1C(=O)O. The summed E-state index contributed by atoms with van der Waals surface area (Å²) < 4.78 is 30.5. The van der Waals surface area contributed by atoms with Crippen LogP contribution in [-0.4, -0.2) is 156 Å². The molecule has 6 saturated carbocycles. The van der Waals surface area contributed by atoms with Gasteiger partial charge in [0.05, 0.1) is 22.6 Å². The Morgan fingerprint density at radius 1 is 0.922 bits per heavy atom. The topological polar surface area (TPSA) is 251 Å². The van der Waals surface area contributed by atoms with E-state index in [1.807, 2.05) is 21.9 Å². The number of carboxylic acid groups (broad SMARTS) is 2. The van der Waals surface area contributed by atoms with Gasteiger partial charge in [-0.2, -0.15) is 9.78 Å². The molecule has 3 amide bonds. The van der Waals surface area contributed by atoms with E-state index in [2.05, 4.69) is 10.6 Å². The molecule has 0 radical (unpaired) electrons. The first kappa shape index (κ1) is 52.3. The van der Waals surface area contributed by atoms with Crippen molar-refractivity contribution in [2.45, 2.75) is 137 Å². The number of aliphatic imine (C=N–C) groups is 1. The quantitative estimate of drug-likeness (QED) is 0.0888. The summed E-state index contributed by atoms with van der Waals surface area (Å²) in [7, 11) is 0. The van der Waals surface area contributed by atoms with Crippen molar-refractivity contribution in [3.63, 3.8) is 0 Å². The number of piperazine rings is 1. The van der Waals surface area contributed by atoms with E-state index in [-0.39, 0.29) is 89.4 Å². The first-order valence-electron chi connectivity index (χ1n) is 27.1. The third-order valence-electron chi connectivity index (χ3n) is 17.5. The molecule has 2 spiro atoms. The summed E-state index contributed by atoms with van der Waals surface area (Å²) in [6, 6.07) is 9.02. The molecule has 9 fully saturated rings. The Labute approximate surface area is 451 Å². The normalized spacial score (nSPS) is 32.5. The monoisotopic (exact) mass is 1100 g/mol. The number of aliphatic carboxylic acids is 1. The van der Waals surface area contributed by atoms with Crippen LogP contribution in [0.3, 0.4) is 0 Å². The van der Waals surface area contributed by atoms with E-state index < -0.39 is 58.5 Å². The number of phenols is 1. The van der Waals surface area contributed by atoms with Gasteiger partial charge in [0.15, 0.2) is 0 Å². The zero-order chi connectivity index (χ0) is 53.4. The number of para-hydroxylation sites is 1. The van der Waals surface area contributed by atoms with Gasteiger partial charge in [-0.05, 0) is 94.4 Å². The van der Waals surface area contributed by atoms with Gasteiger partial charge in [0, 0.05) is 117 Å². The number of rotatable bonds is 15. The summed E-state index contributed by atoms with van der Waals surface area (Å²) >= 11 is 3.13. The van der Waals surface area contributed by atoms with Crippen LogP contribution in [0.15, 0.2) is 52.4 Å². The smallest absolute Gasteiger partial charge is 0.410 e. The number of thioether (sulfide) groups is 2. The molecule has 10 aliphatic rings. The first-order chi connectivity index (χ1) is 37.1. The number of phenolic OH excluding ortho intramolecular Hbond substituents is 1. The van der Waals surface area contributed by atoms with Crippen LogP contribution in [0.2, 0.25) is 0 Å². The van der Waals surface area contributed by atoms with Crippen molar-refractivity contribution in [3.8, 4) is 5.75 Å². The maximum atomic E-state index is 15.7. The van der Waals surface area contributed by atoms with Gasteiger partial charge in [0.25, 0.3) is 0 Å². The fraction of sp³-hybridized carbons (Fsp3) is 0.611. The second-order valence-electron chi connectivity index (χ2n) is 22.6. The number of fused-ring (bicyclic) bond motifs is 1. The standard InChI is InChI=1S/C54H64FN7O13S2/c55-38-21-36-40(62(33-8-9-33)27-37(46(36)66)49(67)68)22-41(38)59-15-17-60(18-16-59)51(71)72-34-5-3-12-53(26-34)73-54(75-74-53)31-19-30-20-32(54)25-52(23-30,24-31)58-45(65)11-10-44(64)56-13-4-14-61-42(50(69)70)29-77-48(61)39-28-76-47(57-39)35-6-1-2-7-43(35)63/h1-2,6-7,21-22,27,30-34,39,42,48,63H,3-5,8-20,23-26,28-29H2,(H,56,64)(H,58,65)(H,67,68)(H,69,70)/t30?,31?,32?,34?,39-,42+,48?,52?,53-,54?/m1/s1. The molecular formula is C54H64FN7O13S2. The molecule has 3 saturated heterocycles. The maximum absolute atomic E-state index is 15.7. The summed E-state index contributed by atoms with van der Waals surface area (Å²) in [5.74, 6) is -3.85. The van der Waals surface area contributed by atoms with Crippen LogP contribution in [0.5, 0.6) is 5.75 Å². The number of halogens is 1. The Bertz CT molecular complexity index is 2950. The minimum absolute atomic E-state index is 0.0196. The van der Waals surface area contributed by atoms with Crippen LogP contribution in [0.4, 0.5) is 14.9 Å². The van der Waals surface area contributed by atoms with Crippen LogP contribution in [-0.2, 0) is 33.6 Å². The summed E-state index contributed by atoms with van der Waals surface area (Å²) in [5.41, 5.74) is -0.124. The third-order valence-corrected chi connectivity index (χ3v) is 20.1. The van der Waals surface area contributed by atoms with Gasteiger partial charge in [-0.15, -0.1) is 23.5 Å². The van der Waals surface area contributed by atoms with E-state index in [9.17, 15) is 44.1 Å². The molecule has 5 heterocycles. The number of carbonyl (C=O) groups is 5. The molecule has 13 rings (SSSR count). The Morgan fingerprint density at radius 3 is 2.43 bits per heavy atom. The van der Waals surface area contributed by atoms with E-state index in [0.717, 1.165) is 43.2 Å². The number of carbonyl (C=O) groups excluding carboxylic acids is 3. The fourth-order valence-electron chi connectivity index (χ4n) is 13.9. The fourth-order valence-corrected chi connectivity index (χ4v) is 16.7. The molecule has 412 valence electrons. The average molecular weight is 1100 g/mol. The van der Waals surface area contributed by atoms with Crippen molar-refractivity contribution < 1.29 is 62.9 Å². The molecule has 23 heteroatoms. The molecule has 4 aliphatic heterocycles. The highest BCUT2D eigenvalue weighted by molar-refractivity contribution is 8.14. The number of pyridine rings is 1. The van der Waals surface area contributed by atoms with E-state index in [1.54, 1.807) is 51.2 Å². The zero-order valence-corrected chi connectivity index (χ0v) is 44.2. The second kappa shape index (κ2) is 20.6. The van der Waals surface area contributed by atoms with Gasteiger partial charge in [-0.25, -0.2) is 14.0 Å². The molecule has 4 unspecified atom stereocenters. The molecule has 77 heavy (non-hydrogen) atoms. The van der Waals surface area contributed by atoms with Gasteiger partial charge in [0.2, 0.25) is 28.8 Å². The number of aromatic nitrogens is 1. The van der Waals surface area contributed by atoms with E-state index >= 15 is 4.39 Å². The van der Waals surface area contributed by atoms with E-state index in [1.165, 1.54) is 6.20 Å². The number of benzene rings is 2. The lowest BCUT2D eigenvalue weighted by molar-refractivity contribution is -0.392. The Balaban J connectivity index is 0.600. The van der Waals surface area contributed by atoms with Gasteiger partial charge in [0.1, 0.15) is 34.3 Å².